The van der Waals surface area contributed by atoms with Crippen molar-refractivity contribution in [3.8, 4) is 11.4 Å². The Balaban J connectivity index is 1.17. The Morgan fingerprint density at radius 3 is 2.76 bits per heavy atom. The number of cyclic esters (lactones) is 1. The Kier molecular flexibility index (Phi) is 7.23. The number of ether oxygens (including phenoxy) is 2. The zero-order valence-electron chi connectivity index (χ0n) is 24.7. The van der Waals surface area contributed by atoms with Crippen molar-refractivity contribution in [3.63, 3.8) is 0 Å². The number of fused-ring (bicyclic) bond motifs is 5. The molecular weight excluding hydrogens is 623 g/mol. The van der Waals surface area contributed by atoms with Crippen LogP contribution in [0.15, 0.2) is 57.0 Å². The van der Waals surface area contributed by atoms with E-state index < -0.39 is 61.2 Å². The Bertz CT molecular complexity index is 2160. The molecule has 3 aliphatic heterocycles. The lowest BCUT2D eigenvalue weighted by Gasteiger charge is -2.36. The number of pyridine rings is 2. The summed E-state index contributed by atoms with van der Waals surface area (Å²) in [6.45, 7) is 2.28. The third-order valence-electron chi connectivity index (χ3n) is 8.72. The molecule has 0 spiro atoms. The third-order valence-corrected chi connectivity index (χ3v) is 9.74. The van der Waals surface area contributed by atoms with Crippen LogP contribution in [0.4, 0.5) is 0 Å². The number of hydrogen-bond acceptors (Lipinski definition) is 11. The zero-order valence-corrected chi connectivity index (χ0v) is 25.6. The highest BCUT2D eigenvalue weighted by atomic mass is 31.2. The monoisotopic (exact) mass is 652 g/mol. The van der Waals surface area contributed by atoms with Gasteiger partial charge < -0.3 is 24.0 Å². The van der Waals surface area contributed by atoms with Gasteiger partial charge in [0.1, 0.15) is 18.9 Å². The van der Waals surface area contributed by atoms with Gasteiger partial charge in [-0.3, -0.25) is 28.2 Å². The van der Waals surface area contributed by atoms with Crippen LogP contribution in [0.25, 0.3) is 22.3 Å². The first-order valence-corrected chi connectivity index (χ1v) is 16.1. The summed E-state index contributed by atoms with van der Waals surface area (Å²) in [5, 5.41) is 11.5. The van der Waals surface area contributed by atoms with Crippen LogP contribution in [-0.2, 0) is 46.6 Å². The minimum absolute atomic E-state index is 0.0749. The van der Waals surface area contributed by atoms with Gasteiger partial charge in [0.15, 0.2) is 0 Å². The van der Waals surface area contributed by atoms with E-state index in [0.717, 1.165) is 15.5 Å². The van der Waals surface area contributed by atoms with Crippen LogP contribution in [-0.4, -0.2) is 53.9 Å². The van der Waals surface area contributed by atoms with Crippen LogP contribution in [0, 0.1) is 6.92 Å². The second-order valence-corrected chi connectivity index (χ2v) is 12.9. The molecule has 7 rings (SSSR count). The van der Waals surface area contributed by atoms with Gasteiger partial charge in [0.2, 0.25) is 5.60 Å². The summed E-state index contributed by atoms with van der Waals surface area (Å²) in [7, 11) is -5.10. The highest BCUT2D eigenvalue weighted by Crippen LogP contribution is 2.54. The lowest BCUT2D eigenvalue weighted by Crippen LogP contribution is -2.46. The third kappa shape index (κ3) is 4.87. The molecule has 0 amide bonds. The molecule has 5 atom stereocenters. The molecule has 0 saturated carbocycles. The molecule has 0 radical (unpaired) electrons. The van der Waals surface area contributed by atoms with Gasteiger partial charge in [-0.15, -0.1) is 0 Å². The maximum atomic E-state index is 13.7. The van der Waals surface area contributed by atoms with E-state index in [1.807, 2.05) is 30.3 Å². The molecule has 240 valence electrons. The number of aryl methyl sites for hydroxylation is 1. The first-order chi connectivity index (χ1) is 21.9. The lowest BCUT2D eigenvalue weighted by atomic mass is 9.86. The van der Waals surface area contributed by atoms with Gasteiger partial charge in [-0.25, -0.2) is 19.1 Å². The van der Waals surface area contributed by atoms with Crippen LogP contribution in [0.5, 0.6) is 0 Å². The molecule has 6 heterocycles. The van der Waals surface area contributed by atoms with Crippen LogP contribution < -0.4 is 16.8 Å². The van der Waals surface area contributed by atoms with Gasteiger partial charge in [0.25, 0.3) is 11.1 Å². The smallest absolute Gasteiger partial charge is 0.458 e. The van der Waals surface area contributed by atoms with E-state index in [1.165, 1.54) is 17.7 Å². The van der Waals surface area contributed by atoms with Gasteiger partial charge in [-0.05, 0) is 31.5 Å². The second kappa shape index (κ2) is 10.9. The summed E-state index contributed by atoms with van der Waals surface area (Å²) in [5.41, 5.74) is -1.03. The van der Waals surface area contributed by atoms with Gasteiger partial charge in [0.05, 0.1) is 41.7 Å². The lowest BCUT2D eigenvalue weighted by molar-refractivity contribution is -0.171. The number of aliphatic hydroxyl groups excluding tert-OH is 1. The zero-order chi connectivity index (χ0) is 32.5. The molecule has 1 saturated heterocycles. The number of nitrogens with zero attached hydrogens (tertiary/aromatic N) is 3. The van der Waals surface area contributed by atoms with Gasteiger partial charge in [-0.1, -0.05) is 25.1 Å². The van der Waals surface area contributed by atoms with Crippen LogP contribution in [0.1, 0.15) is 48.2 Å². The predicted octanol–water partition coefficient (Wildman–Crippen LogP) is 1.73. The standard InChI is InChI=1S/C30H29N4O11P/c1-3-30(45-46(40,41)43-14-23-22(35)10-24(44-23)34-11-15(2)26(36)32-29(34)39)19-9-21-25-17(8-16-6-4-5-7-20(16)31-25)12-33(21)27(37)18(19)13-42-28(30)38/h4-9,11,22-24,35H,3,10,12-14H2,1-2H3,(H,40,41)(H,32,36,39)/t22-,23+,24+,30-/m0/s1. The minimum atomic E-state index is -5.10. The predicted molar refractivity (Wildman–Crippen MR) is 160 cm³/mol. The molecule has 0 aliphatic carbocycles. The number of para-hydroxylation sites is 1. The molecule has 15 nitrogen and oxygen atoms in total. The number of nitrogens with one attached hydrogen (secondary N) is 1. The van der Waals surface area contributed by atoms with Crippen molar-refractivity contribution in [2.45, 2.75) is 63.9 Å². The van der Waals surface area contributed by atoms with Crippen molar-refractivity contribution < 1.29 is 37.9 Å². The van der Waals surface area contributed by atoms with Gasteiger partial charge >= 0.3 is 19.5 Å². The summed E-state index contributed by atoms with van der Waals surface area (Å²) in [4.78, 5) is 68.9. The largest absolute Gasteiger partial charge is 0.473 e. The fourth-order valence-electron chi connectivity index (χ4n) is 6.29. The number of aromatic nitrogens is 4. The number of aliphatic hydroxyl groups is 1. The topological polar surface area (TPSA) is 201 Å². The van der Waals surface area contributed by atoms with Crippen molar-refractivity contribution in [2.75, 3.05) is 6.61 Å². The molecule has 1 fully saturated rings. The van der Waals surface area contributed by atoms with Crippen LogP contribution >= 0.6 is 7.82 Å². The Morgan fingerprint density at radius 1 is 1.20 bits per heavy atom. The number of esters is 1. The number of phosphoric ester groups is 1. The highest BCUT2D eigenvalue weighted by molar-refractivity contribution is 7.47. The summed E-state index contributed by atoms with van der Waals surface area (Å²) in [6.07, 6.45) is -2.34. The number of phosphoric acid groups is 1. The molecule has 1 aromatic carbocycles. The molecule has 3 N–H and O–H groups in total. The fraction of sp³-hybridized carbons (Fsp3) is 0.367. The minimum Gasteiger partial charge on any atom is -0.458 e. The quantitative estimate of drug-likeness (QED) is 0.170. The SMILES string of the molecule is CC[C@@]1(OP(=O)(O)OC[C@H]2O[C@@H](n3cc(C)c(=O)[nH]c3=O)C[C@@H]2O)C(=O)OCc2c1cc1n(c2=O)Cc2cc3ccccc3nc2-1. The second-order valence-electron chi connectivity index (χ2n) is 11.5. The number of aromatic amines is 1. The van der Waals surface area contributed by atoms with E-state index in [4.69, 9.17) is 23.5 Å². The average Bonchev–Trinajstić information content (AvgIpc) is 3.58. The first-order valence-electron chi connectivity index (χ1n) is 14.6. The van der Waals surface area contributed by atoms with E-state index in [9.17, 15) is 33.7 Å². The highest BCUT2D eigenvalue weighted by Gasteiger charge is 2.53. The molecule has 16 heteroatoms. The average molecular weight is 653 g/mol. The normalized spacial score (nSPS) is 24.7. The number of rotatable bonds is 7. The van der Waals surface area contributed by atoms with E-state index in [2.05, 4.69) is 4.98 Å². The van der Waals surface area contributed by atoms with Gasteiger partial charge in [0, 0.05) is 34.7 Å². The molecule has 4 aromatic rings. The van der Waals surface area contributed by atoms with Crippen molar-refractivity contribution >= 4 is 24.7 Å². The van der Waals surface area contributed by atoms with Crippen molar-refractivity contribution in [2.24, 2.45) is 0 Å². The van der Waals surface area contributed by atoms with Crippen molar-refractivity contribution in [1.29, 1.82) is 0 Å². The van der Waals surface area contributed by atoms with Crippen LogP contribution in [0.2, 0.25) is 0 Å². The van der Waals surface area contributed by atoms with Crippen molar-refractivity contribution in [3.05, 3.63) is 96.0 Å². The Labute approximate surface area is 259 Å². The summed E-state index contributed by atoms with van der Waals surface area (Å²) in [5.74, 6) is -0.973. The molecular formula is C30H29N4O11P. The van der Waals surface area contributed by atoms with E-state index >= 15 is 0 Å². The van der Waals surface area contributed by atoms with E-state index in [-0.39, 0.29) is 42.7 Å². The van der Waals surface area contributed by atoms with E-state index in [0.29, 0.717) is 16.9 Å². The number of carbonyl (C=O) groups excluding carboxylic acids is 1. The molecule has 3 aromatic heterocycles. The van der Waals surface area contributed by atoms with E-state index in [1.54, 1.807) is 13.0 Å². The number of H-pyrrole nitrogens is 1. The number of hydrogen-bond donors (Lipinski definition) is 3. The molecule has 1 unspecified atom stereocenters. The van der Waals surface area contributed by atoms with Gasteiger partial charge in [-0.2, -0.15) is 0 Å². The maximum absolute atomic E-state index is 13.7. The first kappa shape index (κ1) is 30.4. The molecule has 46 heavy (non-hydrogen) atoms. The Hall–Kier alpha value is -4.24. The van der Waals surface area contributed by atoms with Crippen LogP contribution in [0.3, 0.4) is 0 Å². The van der Waals surface area contributed by atoms with Crippen molar-refractivity contribution in [1.82, 2.24) is 19.1 Å². The molecule has 0 bridgehead atoms. The summed E-state index contributed by atoms with van der Waals surface area (Å²) >= 11 is 0. The fourth-order valence-corrected chi connectivity index (χ4v) is 7.38. The Morgan fingerprint density at radius 2 is 1.98 bits per heavy atom. The number of carbonyl (C=O) groups is 1. The summed E-state index contributed by atoms with van der Waals surface area (Å²) in [6, 6.07) is 11.0. The summed E-state index contributed by atoms with van der Waals surface area (Å²) < 4.78 is 37.9. The maximum Gasteiger partial charge on any atom is 0.473 e. The molecule has 3 aliphatic rings. The number of benzene rings is 1.